The summed E-state index contributed by atoms with van der Waals surface area (Å²) in [4.78, 5) is 4.90. The number of hydrogen-bond acceptors (Lipinski definition) is 7. The van der Waals surface area contributed by atoms with E-state index in [0.717, 1.165) is 29.2 Å². The molecule has 0 bridgehead atoms. The van der Waals surface area contributed by atoms with Crippen LogP contribution in [0.4, 0.5) is 5.69 Å². The highest BCUT2D eigenvalue weighted by Gasteiger charge is 2.21. The standard InChI is InChI=1S/C22H28N4O3S2/c1-16(13-17-5-3-2-4-6-17)24-15-18-14-23-11-9-19(18)26-31(27,28)22-8-7-21(30-22)20-10-12-25-29-20/h7-12,14,16-17,24H,2-6,13,15H2,1H3,(H,23,26). The Labute approximate surface area is 187 Å². The first kappa shape index (κ1) is 22.0. The fraction of sp³-hybridized carbons (Fsp3) is 0.455. The first-order valence-electron chi connectivity index (χ1n) is 10.7. The van der Waals surface area contributed by atoms with Gasteiger partial charge in [-0.05, 0) is 37.5 Å². The highest BCUT2D eigenvalue weighted by atomic mass is 32.2. The van der Waals surface area contributed by atoms with Crippen LogP contribution in [-0.2, 0) is 16.6 Å². The first-order chi connectivity index (χ1) is 15.0. The van der Waals surface area contributed by atoms with E-state index in [1.807, 2.05) is 0 Å². The molecule has 0 saturated heterocycles. The van der Waals surface area contributed by atoms with Gasteiger partial charge < -0.3 is 9.84 Å². The largest absolute Gasteiger partial charge is 0.355 e. The second kappa shape index (κ2) is 9.93. The van der Waals surface area contributed by atoms with E-state index in [-0.39, 0.29) is 4.21 Å². The average molecular weight is 461 g/mol. The second-order valence-electron chi connectivity index (χ2n) is 8.16. The van der Waals surface area contributed by atoms with Crippen LogP contribution in [0.5, 0.6) is 0 Å². The monoisotopic (exact) mass is 460 g/mol. The molecule has 3 aromatic rings. The van der Waals surface area contributed by atoms with E-state index in [4.69, 9.17) is 4.52 Å². The molecule has 0 amide bonds. The molecule has 1 saturated carbocycles. The molecule has 1 aliphatic carbocycles. The van der Waals surface area contributed by atoms with Crippen molar-refractivity contribution in [3.8, 4) is 10.6 Å². The Morgan fingerprint density at radius 1 is 1.16 bits per heavy atom. The summed E-state index contributed by atoms with van der Waals surface area (Å²) in [5.41, 5.74) is 1.37. The van der Waals surface area contributed by atoms with Crippen molar-refractivity contribution in [3.05, 3.63) is 48.4 Å². The van der Waals surface area contributed by atoms with Crippen LogP contribution >= 0.6 is 11.3 Å². The molecule has 1 unspecified atom stereocenters. The van der Waals surface area contributed by atoms with Crippen LogP contribution in [-0.4, -0.2) is 24.6 Å². The molecule has 3 aromatic heterocycles. The number of aromatic nitrogens is 2. The minimum absolute atomic E-state index is 0.222. The molecular weight excluding hydrogens is 432 g/mol. The SMILES string of the molecule is CC(CC1CCCCC1)NCc1cnccc1NS(=O)(=O)c1ccc(-c2ccno2)s1. The highest BCUT2D eigenvalue weighted by Crippen LogP contribution is 2.32. The van der Waals surface area contributed by atoms with Gasteiger partial charge in [0, 0.05) is 36.6 Å². The summed E-state index contributed by atoms with van der Waals surface area (Å²) in [7, 11) is -3.72. The van der Waals surface area contributed by atoms with Crippen molar-refractivity contribution in [3.63, 3.8) is 0 Å². The lowest BCUT2D eigenvalue weighted by molar-refractivity contribution is 0.304. The molecule has 3 heterocycles. The van der Waals surface area contributed by atoms with Crippen LogP contribution in [0.1, 0.15) is 51.0 Å². The molecule has 31 heavy (non-hydrogen) atoms. The third-order valence-electron chi connectivity index (χ3n) is 5.73. The minimum atomic E-state index is -3.72. The van der Waals surface area contributed by atoms with Gasteiger partial charge in [0.1, 0.15) is 4.21 Å². The zero-order valence-electron chi connectivity index (χ0n) is 17.6. The molecule has 0 spiro atoms. The van der Waals surface area contributed by atoms with Crippen molar-refractivity contribution in [1.82, 2.24) is 15.5 Å². The number of thiophene rings is 1. The van der Waals surface area contributed by atoms with Crippen molar-refractivity contribution in [2.75, 3.05) is 4.72 Å². The van der Waals surface area contributed by atoms with E-state index < -0.39 is 10.0 Å². The van der Waals surface area contributed by atoms with Gasteiger partial charge >= 0.3 is 0 Å². The Kier molecular flexibility index (Phi) is 7.04. The van der Waals surface area contributed by atoms with Crippen LogP contribution < -0.4 is 10.0 Å². The van der Waals surface area contributed by atoms with E-state index in [1.165, 1.54) is 38.3 Å². The van der Waals surface area contributed by atoms with Crippen LogP contribution in [0.15, 0.2) is 51.6 Å². The van der Waals surface area contributed by atoms with Gasteiger partial charge in [0.05, 0.1) is 16.8 Å². The summed E-state index contributed by atoms with van der Waals surface area (Å²) in [5, 5.41) is 7.22. The Hall–Kier alpha value is -2.23. The fourth-order valence-electron chi connectivity index (χ4n) is 4.09. The van der Waals surface area contributed by atoms with Gasteiger partial charge in [0.2, 0.25) is 0 Å². The average Bonchev–Trinajstić information content (AvgIpc) is 3.46. The first-order valence-corrected chi connectivity index (χ1v) is 13.0. The van der Waals surface area contributed by atoms with Gasteiger partial charge in [-0.25, -0.2) is 8.42 Å². The van der Waals surface area contributed by atoms with Crippen LogP contribution in [0.3, 0.4) is 0 Å². The summed E-state index contributed by atoms with van der Waals surface area (Å²) >= 11 is 1.14. The van der Waals surface area contributed by atoms with Crippen LogP contribution in [0.2, 0.25) is 0 Å². The molecule has 1 aliphatic rings. The number of sulfonamides is 1. The van der Waals surface area contributed by atoms with Crippen molar-refractivity contribution in [1.29, 1.82) is 0 Å². The molecule has 0 aromatic carbocycles. The third kappa shape index (κ3) is 5.72. The molecule has 1 fully saturated rings. The predicted molar refractivity (Wildman–Crippen MR) is 122 cm³/mol. The fourth-order valence-corrected chi connectivity index (χ4v) is 6.46. The number of nitrogens with zero attached hydrogens (tertiary/aromatic N) is 2. The van der Waals surface area contributed by atoms with Gasteiger partial charge in [0.25, 0.3) is 10.0 Å². The third-order valence-corrected chi connectivity index (χ3v) is 8.68. The van der Waals surface area contributed by atoms with E-state index >= 15 is 0 Å². The predicted octanol–water partition coefficient (Wildman–Crippen LogP) is 5.05. The van der Waals surface area contributed by atoms with Gasteiger partial charge in [-0.2, -0.15) is 0 Å². The maximum absolute atomic E-state index is 12.9. The molecular formula is C22H28N4O3S2. The lowest BCUT2D eigenvalue weighted by Gasteiger charge is -2.25. The van der Waals surface area contributed by atoms with Gasteiger partial charge in [0.15, 0.2) is 5.76 Å². The zero-order valence-corrected chi connectivity index (χ0v) is 19.2. The Morgan fingerprint density at radius 2 is 2.00 bits per heavy atom. The Morgan fingerprint density at radius 3 is 2.77 bits per heavy atom. The van der Waals surface area contributed by atoms with Crippen LogP contribution in [0, 0.1) is 5.92 Å². The van der Waals surface area contributed by atoms with Crippen molar-refractivity contribution in [2.24, 2.45) is 5.92 Å². The maximum atomic E-state index is 12.9. The number of rotatable bonds is 9. The molecule has 7 nitrogen and oxygen atoms in total. The molecule has 0 aliphatic heterocycles. The minimum Gasteiger partial charge on any atom is -0.355 e. The smallest absolute Gasteiger partial charge is 0.271 e. The van der Waals surface area contributed by atoms with E-state index in [9.17, 15) is 8.42 Å². The molecule has 1 atom stereocenters. The van der Waals surface area contributed by atoms with Crippen molar-refractivity contribution < 1.29 is 12.9 Å². The second-order valence-corrected chi connectivity index (χ2v) is 11.1. The lowest BCUT2D eigenvalue weighted by atomic mass is 9.85. The summed E-state index contributed by atoms with van der Waals surface area (Å²) < 4.78 is 34.0. The van der Waals surface area contributed by atoms with Gasteiger partial charge in [-0.3, -0.25) is 9.71 Å². The summed E-state index contributed by atoms with van der Waals surface area (Å²) in [6.07, 6.45) is 12.7. The normalized spacial score (nSPS) is 16.3. The lowest BCUT2D eigenvalue weighted by Crippen LogP contribution is -2.29. The van der Waals surface area contributed by atoms with Gasteiger partial charge in [-0.1, -0.05) is 37.3 Å². The number of nitrogens with one attached hydrogen (secondary N) is 2. The van der Waals surface area contributed by atoms with Crippen LogP contribution in [0.25, 0.3) is 10.6 Å². The van der Waals surface area contributed by atoms with E-state index in [0.29, 0.717) is 28.9 Å². The summed E-state index contributed by atoms with van der Waals surface area (Å²) in [6.45, 7) is 2.76. The summed E-state index contributed by atoms with van der Waals surface area (Å²) in [5.74, 6) is 1.34. The quantitative estimate of drug-likeness (QED) is 0.464. The molecule has 2 N–H and O–H groups in total. The molecule has 0 radical (unpaired) electrons. The maximum Gasteiger partial charge on any atom is 0.271 e. The highest BCUT2D eigenvalue weighted by molar-refractivity contribution is 7.94. The Bertz CT molecular complexity index is 1070. The van der Waals surface area contributed by atoms with E-state index in [2.05, 4.69) is 27.1 Å². The molecule has 4 rings (SSSR count). The number of anilines is 1. The Balaban J connectivity index is 1.40. The molecule has 9 heteroatoms. The molecule has 166 valence electrons. The number of pyridine rings is 1. The van der Waals surface area contributed by atoms with Gasteiger partial charge in [-0.15, -0.1) is 11.3 Å². The van der Waals surface area contributed by atoms with Crippen molar-refractivity contribution >= 4 is 27.0 Å². The number of hydrogen-bond donors (Lipinski definition) is 2. The summed E-state index contributed by atoms with van der Waals surface area (Å²) in [6, 6.07) is 7.08. The van der Waals surface area contributed by atoms with E-state index in [1.54, 1.807) is 36.7 Å². The topological polar surface area (TPSA) is 97.1 Å². The van der Waals surface area contributed by atoms with Crippen molar-refractivity contribution in [2.45, 2.75) is 62.2 Å². The zero-order chi connectivity index (χ0) is 21.7.